The van der Waals surface area contributed by atoms with Crippen molar-refractivity contribution in [2.24, 2.45) is 0 Å². The van der Waals surface area contributed by atoms with Gasteiger partial charge in [0.1, 0.15) is 10.9 Å². The Morgan fingerprint density at radius 1 is 1.29 bits per heavy atom. The molecule has 0 saturated carbocycles. The van der Waals surface area contributed by atoms with Crippen molar-refractivity contribution in [3.8, 4) is 0 Å². The first kappa shape index (κ1) is 10.1. The number of rotatable bonds is 1. The van der Waals surface area contributed by atoms with Crippen molar-refractivity contribution in [3.63, 3.8) is 0 Å². The molecule has 1 aromatic carbocycles. The van der Waals surface area contributed by atoms with Gasteiger partial charge in [0.15, 0.2) is 3.95 Å². The van der Waals surface area contributed by atoms with E-state index >= 15 is 0 Å². The molecule has 4 nitrogen and oxygen atoms in total. The molecule has 7 heteroatoms. The van der Waals surface area contributed by atoms with E-state index in [1.165, 1.54) is 23.5 Å². The highest BCUT2D eigenvalue weighted by atomic mass is 32.3. The van der Waals surface area contributed by atoms with Crippen LogP contribution in [0.4, 0.5) is 0 Å². The minimum absolute atomic E-state index is 0.0917. The van der Waals surface area contributed by atoms with Crippen LogP contribution in [0.5, 0.6) is 0 Å². The number of hydrogen-bond donors (Lipinski definition) is 4. The van der Waals surface area contributed by atoms with Gasteiger partial charge < -0.3 is 18.6 Å². The van der Waals surface area contributed by atoms with Crippen LogP contribution >= 0.6 is 34.4 Å². The molecule has 0 aliphatic carbocycles. The van der Waals surface area contributed by atoms with Crippen LogP contribution in [0.25, 0.3) is 10.2 Å². The first-order valence-corrected chi connectivity index (χ1v) is 6.33. The summed E-state index contributed by atoms with van der Waals surface area (Å²) in [5.41, 5.74) is 0.700. The van der Waals surface area contributed by atoms with Crippen molar-refractivity contribution >= 4 is 44.6 Å². The average Bonchev–Trinajstić information content (AvgIpc) is 2.41. The maximum Gasteiger partial charge on any atom is 0.159 e. The molecule has 0 radical (unpaired) electrons. The molecule has 76 valence electrons. The summed E-state index contributed by atoms with van der Waals surface area (Å²) in [6.07, 6.45) is 0. The van der Waals surface area contributed by atoms with Crippen molar-refractivity contribution in [1.82, 2.24) is 4.98 Å². The number of H-pyrrole nitrogens is 1. The van der Waals surface area contributed by atoms with Crippen LogP contribution in [0, 0.1) is 3.95 Å². The van der Waals surface area contributed by atoms with Crippen molar-refractivity contribution in [1.29, 1.82) is 0 Å². The molecule has 2 rings (SSSR count). The number of benzene rings is 1. The van der Waals surface area contributed by atoms with Crippen LogP contribution in [0.2, 0.25) is 0 Å². The van der Waals surface area contributed by atoms with Crippen LogP contribution in [-0.2, 0) is 0 Å². The van der Waals surface area contributed by atoms with Crippen LogP contribution in [0.15, 0.2) is 23.1 Å². The SMILES string of the molecule is OS(O)(O)c1ccc2sc(=S)[nH]c2c1. The summed E-state index contributed by atoms with van der Waals surface area (Å²) < 4.78 is 28.6. The number of fused-ring (bicyclic) bond motifs is 1. The number of aromatic nitrogens is 1. The Balaban J connectivity index is 2.67. The highest BCUT2D eigenvalue weighted by Gasteiger charge is 2.15. The first-order valence-electron chi connectivity index (χ1n) is 3.60. The monoisotopic (exact) mass is 249 g/mol. The fourth-order valence-corrected chi connectivity index (χ4v) is 2.72. The quantitative estimate of drug-likeness (QED) is 0.583. The molecule has 0 unspecified atom stereocenters. The smallest absolute Gasteiger partial charge is 0.159 e. The van der Waals surface area contributed by atoms with Gasteiger partial charge in [0.05, 0.1) is 15.1 Å². The van der Waals surface area contributed by atoms with Crippen molar-refractivity contribution in [3.05, 3.63) is 22.2 Å². The second kappa shape index (κ2) is 3.30. The molecular formula is C7H7NO3S3. The van der Waals surface area contributed by atoms with Gasteiger partial charge in [-0.15, -0.1) is 11.3 Å². The summed E-state index contributed by atoms with van der Waals surface area (Å²) >= 11 is 6.33. The summed E-state index contributed by atoms with van der Waals surface area (Å²) in [4.78, 5) is 2.98. The minimum atomic E-state index is -3.63. The largest absolute Gasteiger partial charge is 0.337 e. The third kappa shape index (κ3) is 1.83. The molecule has 0 bridgehead atoms. The van der Waals surface area contributed by atoms with E-state index < -0.39 is 10.9 Å². The fourth-order valence-electron chi connectivity index (χ4n) is 1.10. The number of thiazole rings is 1. The van der Waals surface area contributed by atoms with Gasteiger partial charge in [-0.1, -0.05) is 0 Å². The second-order valence-corrected chi connectivity index (χ2v) is 5.92. The molecule has 1 aromatic heterocycles. The Kier molecular flexibility index (Phi) is 2.38. The molecule has 0 saturated heterocycles. The van der Waals surface area contributed by atoms with Gasteiger partial charge in [-0.05, 0) is 30.4 Å². The Morgan fingerprint density at radius 2 is 2.00 bits per heavy atom. The molecule has 1 heterocycles. The number of nitrogens with one attached hydrogen (secondary N) is 1. The maximum absolute atomic E-state index is 9.01. The number of hydrogen-bond acceptors (Lipinski definition) is 5. The van der Waals surface area contributed by atoms with E-state index in [2.05, 4.69) is 4.98 Å². The average molecular weight is 249 g/mol. The minimum Gasteiger partial charge on any atom is -0.337 e. The standard InChI is InChI=1S/C7H7NO3S3/c9-14(10,11)4-1-2-6-5(3-4)8-7(12)13-6/h1-3,9-11H,(H,8,12). The maximum atomic E-state index is 9.01. The van der Waals surface area contributed by atoms with Gasteiger partial charge >= 0.3 is 0 Å². The molecule has 0 spiro atoms. The lowest BCUT2D eigenvalue weighted by molar-refractivity contribution is 0.376. The molecule has 14 heavy (non-hydrogen) atoms. The third-order valence-corrected chi connectivity index (χ3v) is 3.81. The van der Waals surface area contributed by atoms with Gasteiger partial charge in [0, 0.05) is 0 Å². The Bertz CT molecular complexity index is 525. The Hall–Kier alpha value is -0.440. The van der Waals surface area contributed by atoms with E-state index in [1.807, 2.05) is 0 Å². The summed E-state index contributed by atoms with van der Waals surface area (Å²) in [7, 11) is -3.63. The van der Waals surface area contributed by atoms with E-state index in [1.54, 1.807) is 6.07 Å². The predicted molar refractivity (Wildman–Crippen MR) is 60.8 cm³/mol. The van der Waals surface area contributed by atoms with Gasteiger partial charge in [0.25, 0.3) is 0 Å². The van der Waals surface area contributed by atoms with Gasteiger partial charge in [-0.2, -0.15) is 0 Å². The molecule has 0 aliphatic heterocycles. The van der Waals surface area contributed by atoms with E-state index in [4.69, 9.17) is 25.9 Å². The van der Waals surface area contributed by atoms with E-state index in [-0.39, 0.29) is 4.90 Å². The van der Waals surface area contributed by atoms with Crippen LogP contribution in [0.3, 0.4) is 0 Å². The lowest BCUT2D eigenvalue weighted by atomic mass is 10.3. The summed E-state index contributed by atoms with van der Waals surface area (Å²) in [5, 5.41) is 0. The van der Waals surface area contributed by atoms with Crippen molar-refractivity contribution in [2.45, 2.75) is 4.90 Å². The molecule has 0 aliphatic rings. The Morgan fingerprint density at radius 3 is 2.64 bits per heavy atom. The van der Waals surface area contributed by atoms with Crippen molar-refractivity contribution in [2.75, 3.05) is 0 Å². The van der Waals surface area contributed by atoms with E-state index in [0.29, 0.717) is 9.47 Å². The summed E-state index contributed by atoms with van der Waals surface area (Å²) in [6.45, 7) is 0. The van der Waals surface area contributed by atoms with Gasteiger partial charge in [-0.3, -0.25) is 0 Å². The first-order chi connectivity index (χ1) is 6.47. The highest BCUT2D eigenvalue weighted by molar-refractivity contribution is 8.19. The molecule has 4 N–H and O–H groups in total. The molecule has 0 fully saturated rings. The van der Waals surface area contributed by atoms with E-state index in [9.17, 15) is 0 Å². The molecule has 2 aromatic rings. The zero-order chi connectivity index (χ0) is 10.3. The van der Waals surface area contributed by atoms with Crippen LogP contribution in [-0.4, -0.2) is 18.6 Å². The molecule has 0 amide bonds. The van der Waals surface area contributed by atoms with E-state index in [0.717, 1.165) is 4.70 Å². The van der Waals surface area contributed by atoms with Crippen LogP contribution in [0.1, 0.15) is 0 Å². The molecular weight excluding hydrogens is 242 g/mol. The fraction of sp³-hybridized carbons (Fsp3) is 0. The third-order valence-electron chi connectivity index (χ3n) is 1.71. The zero-order valence-electron chi connectivity index (χ0n) is 6.80. The highest BCUT2D eigenvalue weighted by Crippen LogP contribution is 2.44. The predicted octanol–water partition coefficient (Wildman–Crippen LogP) is 3.54. The second-order valence-electron chi connectivity index (χ2n) is 2.69. The lowest BCUT2D eigenvalue weighted by Gasteiger charge is -2.18. The topological polar surface area (TPSA) is 76.5 Å². The molecule has 0 atom stereocenters. The van der Waals surface area contributed by atoms with Gasteiger partial charge in [0.2, 0.25) is 0 Å². The zero-order valence-corrected chi connectivity index (χ0v) is 9.25. The lowest BCUT2D eigenvalue weighted by Crippen LogP contribution is -1.94. The summed E-state index contributed by atoms with van der Waals surface area (Å²) in [5.74, 6) is 0. The normalized spacial score (nSPS) is 13.4. The van der Waals surface area contributed by atoms with Gasteiger partial charge in [-0.25, -0.2) is 0 Å². The van der Waals surface area contributed by atoms with Crippen LogP contribution < -0.4 is 0 Å². The van der Waals surface area contributed by atoms with Crippen molar-refractivity contribution < 1.29 is 13.7 Å². The summed E-state index contributed by atoms with van der Waals surface area (Å²) in [6, 6.07) is 4.64. The number of aromatic amines is 1. The Labute approximate surface area is 90.4 Å².